The number of amides is 1. The lowest BCUT2D eigenvalue weighted by molar-refractivity contribution is -0.140. The average Bonchev–Trinajstić information content (AvgIpc) is 2.59. The Morgan fingerprint density at radius 2 is 1.96 bits per heavy atom. The molecule has 2 rings (SSSR count). The molecule has 6 nitrogen and oxygen atoms in total. The molecular formula is C19H22N2O4. The molecule has 0 saturated carbocycles. The number of aryl methyl sites for hydroxylation is 2. The number of ether oxygens (including phenoxy) is 1. The van der Waals surface area contributed by atoms with Gasteiger partial charge in [0.15, 0.2) is 0 Å². The minimum Gasteiger partial charge on any atom is -0.488 e. The van der Waals surface area contributed by atoms with Crippen LogP contribution in [0.4, 0.5) is 0 Å². The molecule has 1 aromatic carbocycles. The van der Waals surface area contributed by atoms with Crippen molar-refractivity contribution in [1.82, 2.24) is 10.3 Å². The van der Waals surface area contributed by atoms with Crippen molar-refractivity contribution in [3.63, 3.8) is 0 Å². The number of aromatic nitrogens is 1. The molecule has 1 unspecified atom stereocenters. The Morgan fingerprint density at radius 3 is 2.52 bits per heavy atom. The highest BCUT2D eigenvalue weighted by molar-refractivity contribution is 5.95. The maximum absolute atomic E-state index is 12.2. The van der Waals surface area contributed by atoms with Gasteiger partial charge in [-0.2, -0.15) is 0 Å². The van der Waals surface area contributed by atoms with E-state index in [2.05, 4.69) is 10.3 Å². The zero-order valence-corrected chi connectivity index (χ0v) is 14.6. The molecule has 1 amide bonds. The first-order chi connectivity index (χ1) is 11.9. The summed E-state index contributed by atoms with van der Waals surface area (Å²) in [6.45, 7) is 5.79. The molecule has 2 aromatic rings. The maximum atomic E-state index is 12.2. The minimum atomic E-state index is -0.938. The van der Waals surface area contributed by atoms with Crippen molar-refractivity contribution in [3.8, 4) is 5.75 Å². The highest BCUT2D eigenvalue weighted by Gasteiger charge is 2.15. The number of carbonyl (C=O) groups excluding carboxylic acids is 1. The van der Waals surface area contributed by atoms with Crippen LogP contribution in [0.3, 0.4) is 0 Å². The zero-order chi connectivity index (χ0) is 18.4. The van der Waals surface area contributed by atoms with Crippen molar-refractivity contribution in [3.05, 3.63) is 58.9 Å². The van der Waals surface area contributed by atoms with E-state index in [-0.39, 0.29) is 12.5 Å². The molecule has 1 aromatic heterocycles. The summed E-state index contributed by atoms with van der Waals surface area (Å²) in [7, 11) is 0. The fraction of sp³-hybridized carbons (Fsp3) is 0.316. The van der Waals surface area contributed by atoms with Gasteiger partial charge in [-0.3, -0.25) is 14.6 Å². The molecule has 0 saturated heterocycles. The molecule has 0 radical (unpaired) electrons. The summed E-state index contributed by atoms with van der Waals surface area (Å²) < 4.78 is 5.87. The van der Waals surface area contributed by atoms with Crippen molar-refractivity contribution in [1.29, 1.82) is 0 Å². The van der Waals surface area contributed by atoms with E-state index in [0.29, 0.717) is 12.2 Å². The Bertz CT molecular complexity index is 736. The zero-order valence-electron chi connectivity index (χ0n) is 14.6. The molecule has 132 valence electrons. The number of carboxylic acid groups (broad SMARTS) is 1. The number of hydrogen-bond donors (Lipinski definition) is 2. The number of nitrogens with zero attached hydrogens (tertiary/aromatic N) is 1. The number of pyridine rings is 1. The number of aliphatic carboxylic acids is 1. The van der Waals surface area contributed by atoms with E-state index in [4.69, 9.17) is 9.84 Å². The van der Waals surface area contributed by atoms with Crippen LogP contribution in [-0.2, 0) is 11.4 Å². The Kier molecular flexibility index (Phi) is 6.11. The predicted octanol–water partition coefficient (Wildman–Crippen LogP) is 2.73. The Morgan fingerprint density at radius 1 is 1.28 bits per heavy atom. The first kappa shape index (κ1) is 18.4. The van der Waals surface area contributed by atoms with E-state index >= 15 is 0 Å². The predicted molar refractivity (Wildman–Crippen MR) is 93.6 cm³/mol. The third-order valence-corrected chi connectivity index (χ3v) is 3.82. The van der Waals surface area contributed by atoms with Crippen LogP contribution in [0.2, 0.25) is 0 Å². The van der Waals surface area contributed by atoms with Gasteiger partial charge in [0, 0.05) is 30.1 Å². The van der Waals surface area contributed by atoms with Crippen molar-refractivity contribution in [2.45, 2.75) is 27.4 Å². The van der Waals surface area contributed by atoms with Crippen LogP contribution in [0.15, 0.2) is 36.7 Å². The second kappa shape index (κ2) is 8.28. The molecular weight excluding hydrogens is 320 g/mol. The fourth-order valence-corrected chi connectivity index (χ4v) is 2.38. The van der Waals surface area contributed by atoms with E-state index < -0.39 is 11.9 Å². The number of rotatable bonds is 7. The van der Waals surface area contributed by atoms with E-state index in [0.717, 1.165) is 22.4 Å². The SMILES string of the molecule is Cc1cc(C(=O)NCC(C)C(=O)O)cc(C)c1OCc1cccnc1. The number of hydrogen-bond acceptors (Lipinski definition) is 4. The van der Waals surface area contributed by atoms with Crippen LogP contribution in [-0.4, -0.2) is 28.5 Å². The van der Waals surface area contributed by atoms with Crippen LogP contribution in [0.25, 0.3) is 0 Å². The number of carboxylic acids is 1. The molecule has 0 aliphatic rings. The number of carbonyl (C=O) groups is 2. The largest absolute Gasteiger partial charge is 0.488 e. The average molecular weight is 342 g/mol. The topological polar surface area (TPSA) is 88.5 Å². The smallest absolute Gasteiger partial charge is 0.308 e. The molecule has 2 N–H and O–H groups in total. The summed E-state index contributed by atoms with van der Waals surface area (Å²) >= 11 is 0. The quantitative estimate of drug-likeness (QED) is 0.808. The Labute approximate surface area is 146 Å². The minimum absolute atomic E-state index is 0.0888. The summed E-state index contributed by atoms with van der Waals surface area (Å²) in [4.78, 5) is 27.1. The van der Waals surface area contributed by atoms with Gasteiger partial charge in [0.1, 0.15) is 12.4 Å². The van der Waals surface area contributed by atoms with Crippen LogP contribution < -0.4 is 10.1 Å². The van der Waals surface area contributed by atoms with Gasteiger partial charge in [-0.05, 0) is 43.2 Å². The van der Waals surface area contributed by atoms with Gasteiger partial charge in [0.05, 0.1) is 5.92 Å². The summed E-state index contributed by atoms with van der Waals surface area (Å²) in [6.07, 6.45) is 3.45. The molecule has 0 aliphatic heterocycles. The van der Waals surface area contributed by atoms with Gasteiger partial charge in [0.2, 0.25) is 0 Å². The van der Waals surface area contributed by atoms with Crippen molar-refractivity contribution >= 4 is 11.9 Å². The Balaban J connectivity index is 2.06. The molecule has 0 fully saturated rings. The van der Waals surface area contributed by atoms with Gasteiger partial charge in [-0.1, -0.05) is 13.0 Å². The normalized spacial score (nSPS) is 11.6. The highest BCUT2D eigenvalue weighted by Crippen LogP contribution is 2.25. The van der Waals surface area contributed by atoms with Gasteiger partial charge in [0.25, 0.3) is 5.91 Å². The molecule has 25 heavy (non-hydrogen) atoms. The molecule has 1 atom stereocenters. The highest BCUT2D eigenvalue weighted by atomic mass is 16.5. The van der Waals surface area contributed by atoms with Crippen molar-refractivity contribution in [2.75, 3.05) is 6.54 Å². The van der Waals surface area contributed by atoms with Crippen LogP contribution in [0.1, 0.15) is 34.0 Å². The first-order valence-corrected chi connectivity index (χ1v) is 8.02. The Hall–Kier alpha value is -2.89. The van der Waals surface area contributed by atoms with Crippen molar-refractivity contribution < 1.29 is 19.4 Å². The second-order valence-corrected chi connectivity index (χ2v) is 6.04. The van der Waals surface area contributed by atoms with Crippen molar-refractivity contribution in [2.24, 2.45) is 5.92 Å². The third kappa shape index (κ3) is 5.04. The summed E-state index contributed by atoms with van der Waals surface area (Å²) in [6, 6.07) is 7.27. The van der Waals surface area contributed by atoms with E-state index in [9.17, 15) is 9.59 Å². The maximum Gasteiger partial charge on any atom is 0.308 e. The van der Waals surface area contributed by atoms with Crippen LogP contribution in [0, 0.1) is 19.8 Å². The lowest BCUT2D eigenvalue weighted by Gasteiger charge is -2.14. The molecule has 1 heterocycles. The third-order valence-electron chi connectivity index (χ3n) is 3.82. The lowest BCUT2D eigenvalue weighted by atomic mass is 10.0. The molecule has 0 aliphatic carbocycles. The van der Waals surface area contributed by atoms with Gasteiger partial charge in [-0.25, -0.2) is 0 Å². The van der Waals surface area contributed by atoms with E-state index in [1.165, 1.54) is 0 Å². The summed E-state index contributed by atoms with van der Waals surface area (Å²) in [5.41, 5.74) is 3.15. The monoisotopic (exact) mass is 342 g/mol. The number of nitrogens with one attached hydrogen (secondary N) is 1. The number of benzene rings is 1. The van der Waals surface area contributed by atoms with Gasteiger partial charge >= 0.3 is 5.97 Å². The second-order valence-electron chi connectivity index (χ2n) is 6.04. The van der Waals surface area contributed by atoms with E-state index in [1.54, 1.807) is 31.5 Å². The molecule has 6 heteroatoms. The fourth-order valence-electron chi connectivity index (χ4n) is 2.38. The summed E-state index contributed by atoms with van der Waals surface area (Å²) in [5.74, 6) is -1.13. The van der Waals surface area contributed by atoms with E-state index in [1.807, 2.05) is 26.0 Å². The van der Waals surface area contributed by atoms with Crippen LogP contribution in [0.5, 0.6) is 5.75 Å². The van der Waals surface area contributed by atoms with Crippen LogP contribution >= 0.6 is 0 Å². The van der Waals surface area contributed by atoms with Gasteiger partial charge in [-0.15, -0.1) is 0 Å². The van der Waals surface area contributed by atoms with Gasteiger partial charge < -0.3 is 15.2 Å². The summed E-state index contributed by atoms with van der Waals surface area (Å²) in [5, 5.41) is 11.5. The molecule has 0 spiro atoms. The standard InChI is InChI=1S/C19H22N2O4/c1-12-7-16(18(22)21-9-14(3)19(23)24)8-13(2)17(12)25-11-15-5-4-6-20-10-15/h4-8,10,14H,9,11H2,1-3H3,(H,21,22)(H,23,24). The lowest BCUT2D eigenvalue weighted by Crippen LogP contribution is -2.31. The molecule has 0 bridgehead atoms. The first-order valence-electron chi connectivity index (χ1n) is 8.02.